The monoisotopic (exact) mass is 160 g/mol. The van der Waals surface area contributed by atoms with Crippen LogP contribution in [0.15, 0.2) is 30.9 Å². The van der Waals surface area contributed by atoms with Gasteiger partial charge in [-0.3, -0.25) is 0 Å². The summed E-state index contributed by atoms with van der Waals surface area (Å²) in [6.07, 6.45) is 7.04. The van der Waals surface area contributed by atoms with Crippen molar-refractivity contribution in [3.8, 4) is 5.95 Å². The molecule has 0 saturated heterocycles. The fourth-order valence-corrected chi connectivity index (χ4v) is 0.891. The van der Waals surface area contributed by atoms with Gasteiger partial charge in [0.2, 0.25) is 5.95 Å². The van der Waals surface area contributed by atoms with Gasteiger partial charge in [-0.25, -0.2) is 14.6 Å². The maximum absolute atomic E-state index is 4.11. The molecule has 2 rings (SSSR count). The maximum Gasteiger partial charge on any atom is 0.250 e. The van der Waals surface area contributed by atoms with E-state index in [9.17, 15) is 0 Å². The smallest absolute Gasteiger partial charge is 0.219 e. The van der Waals surface area contributed by atoms with Crippen molar-refractivity contribution in [1.29, 1.82) is 0 Å². The molecule has 4 nitrogen and oxygen atoms in total. The van der Waals surface area contributed by atoms with E-state index >= 15 is 0 Å². The zero-order valence-corrected chi connectivity index (χ0v) is 6.68. The quantitative estimate of drug-likeness (QED) is 0.624. The molecule has 0 aliphatic heterocycles. The maximum atomic E-state index is 4.11. The highest BCUT2D eigenvalue weighted by atomic mass is 15.3. The summed E-state index contributed by atoms with van der Waals surface area (Å²) in [5, 5.41) is 4.01. The first-order chi connectivity index (χ1) is 5.86. The summed E-state index contributed by atoms with van der Waals surface area (Å²) < 4.78 is 1.62. The third kappa shape index (κ3) is 1.18. The Labute approximate surface area is 69.9 Å². The molecular formula is C8H8N4. The molecule has 2 heterocycles. The minimum Gasteiger partial charge on any atom is -0.219 e. The van der Waals surface area contributed by atoms with Gasteiger partial charge in [0.05, 0.1) is 0 Å². The normalized spacial score (nSPS) is 10.1. The summed E-state index contributed by atoms with van der Waals surface area (Å²) in [5.74, 6) is 0.602. The zero-order chi connectivity index (χ0) is 8.39. The van der Waals surface area contributed by atoms with Crippen LogP contribution in [0.25, 0.3) is 5.95 Å². The summed E-state index contributed by atoms with van der Waals surface area (Å²) in [6, 6.07) is 1.84. The second-order valence-electron chi connectivity index (χ2n) is 2.51. The predicted octanol–water partition coefficient (Wildman–Crippen LogP) is 0.971. The van der Waals surface area contributed by atoms with Gasteiger partial charge in [-0.05, 0) is 18.6 Å². The number of aromatic nitrogens is 4. The van der Waals surface area contributed by atoms with Gasteiger partial charge < -0.3 is 0 Å². The van der Waals surface area contributed by atoms with E-state index in [1.165, 1.54) is 0 Å². The molecule has 0 N–H and O–H groups in total. The van der Waals surface area contributed by atoms with Crippen molar-refractivity contribution in [2.45, 2.75) is 6.92 Å². The van der Waals surface area contributed by atoms with Gasteiger partial charge in [0, 0.05) is 24.8 Å². The van der Waals surface area contributed by atoms with Crippen LogP contribution in [0.1, 0.15) is 5.56 Å². The van der Waals surface area contributed by atoms with Crippen LogP contribution in [0.2, 0.25) is 0 Å². The first-order valence-electron chi connectivity index (χ1n) is 3.65. The summed E-state index contributed by atoms with van der Waals surface area (Å²) in [4.78, 5) is 8.22. The van der Waals surface area contributed by atoms with E-state index in [0.717, 1.165) is 5.56 Å². The Morgan fingerprint density at radius 3 is 2.58 bits per heavy atom. The van der Waals surface area contributed by atoms with Crippen LogP contribution in [0.4, 0.5) is 0 Å². The molecule has 2 aromatic heterocycles. The van der Waals surface area contributed by atoms with Crippen LogP contribution in [-0.2, 0) is 0 Å². The topological polar surface area (TPSA) is 43.6 Å². The second-order valence-corrected chi connectivity index (χ2v) is 2.51. The highest BCUT2D eigenvalue weighted by molar-refractivity contribution is 5.11. The van der Waals surface area contributed by atoms with Crippen LogP contribution < -0.4 is 0 Å². The number of hydrogen-bond acceptors (Lipinski definition) is 3. The second kappa shape index (κ2) is 2.73. The lowest BCUT2D eigenvalue weighted by Crippen LogP contribution is -2.00. The third-order valence-electron chi connectivity index (χ3n) is 1.48. The van der Waals surface area contributed by atoms with Gasteiger partial charge in [-0.1, -0.05) is 0 Å². The van der Waals surface area contributed by atoms with E-state index in [-0.39, 0.29) is 0 Å². The summed E-state index contributed by atoms with van der Waals surface area (Å²) in [7, 11) is 0. The van der Waals surface area contributed by atoms with Crippen molar-refractivity contribution in [2.75, 3.05) is 0 Å². The Kier molecular flexibility index (Phi) is 1.59. The third-order valence-corrected chi connectivity index (χ3v) is 1.48. The molecule has 0 atom stereocenters. The first kappa shape index (κ1) is 6.97. The van der Waals surface area contributed by atoms with E-state index in [4.69, 9.17) is 0 Å². The van der Waals surface area contributed by atoms with Crippen LogP contribution in [0, 0.1) is 6.92 Å². The lowest BCUT2D eigenvalue weighted by atomic mass is 10.4. The minimum absolute atomic E-state index is 0.602. The number of aryl methyl sites for hydroxylation is 1. The molecule has 0 bridgehead atoms. The Bertz CT molecular complexity index is 349. The molecule has 2 aromatic rings. The number of hydrogen-bond donors (Lipinski definition) is 0. The predicted molar refractivity (Wildman–Crippen MR) is 43.9 cm³/mol. The van der Waals surface area contributed by atoms with Crippen molar-refractivity contribution in [3.63, 3.8) is 0 Å². The van der Waals surface area contributed by atoms with E-state index in [1.807, 2.05) is 19.2 Å². The van der Waals surface area contributed by atoms with Crippen LogP contribution in [0.5, 0.6) is 0 Å². The lowest BCUT2D eigenvalue weighted by Gasteiger charge is -1.97. The lowest BCUT2D eigenvalue weighted by molar-refractivity contribution is 0.805. The number of rotatable bonds is 1. The van der Waals surface area contributed by atoms with E-state index in [1.54, 1.807) is 23.3 Å². The van der Waals surface area contributed by atoms with Crippen LogP contribution in [0.3, 0.4) is 0 Å². The molecule has 0 amide bonds. The molecular weight excluding hydrogens is 152 g/mol. The average Bonchev–Trinajstić information content (AvgIpc) is 2.58. The molecule has 12 heavy (non-hydrogen) atoms. The summed E-state index contributed by atoms with van der Waals surface area (Å²) >= 11 is 0. The Balaban J connectivity index is 2.43. The van der Waals surface area contributed by atoms with Crippen molar-refractivity contribution in [3.05, 3.63) is 36.4 Å². The molecule has 0 aliphatic rings. The van der Waals surface area contributed by atoms with Crippen LogP contribution in [-0.4, -0.2) is 19.7 Å². The highest BCUT2D eigenvalue weighted by Gasteiger charge is 1.96. The Morgan fingerprint density at radius 1 is 1.25 bits per heavy atom. The Hall–Kier alpha value is -1.71. The molecule has 0 aromatic carbocycles. The van der Waals surface area contributed by atoms with Crippen LogP contribution >= 0.6 is 0 Å². The van der Waals surface area contributed by atoms with Gasteiger partial charge in [-0.2, -0.15) is 5.10 Å². The highest BCUT2D eigenvalue weighted by Crippen LogP contribution is 1.97. The van der Waals surface area contributed by atoms with E-state index in [2.05, 4.69) is 15.1 Å². The average molecular weight is 160 g/mol. The van der Waals surface area contributed by atoms with Crippen molar-refractivity contribution < 1.29 is 0 Å². The van der Waals surface area contributed by atoms with Gasteiger partial charge in [0.15, 0.2) is 0 Å². The van der Waals surface area contributed by atoms with Crippen molar-refractivity contribution >= 4 is 0 Å². The summed E-state index contributed by atoms with van der Waals surface area (Å²) in [5.41, 5.74) is 1.05. The van der Waals surface area contributed by atoms with Crippen molar-refractivity contribution in [2.24, 2.45) is 0 Å². The largest absolute Gasteiger partial charge is 0.250 e. The molecule has 0 aliphatic carbocycles. The zero-order valence-electron chi connectivity index (χ0n) is 6.68. The summed E-state index contributed by atoms with van der Waals surface area (Å²) in [6.45, 7) is 1.95. The molecule has 0 fully saturated rings. The minimum atomic E-state index is 0.602. The van der Waals surface area contributed by atoms with Gasteiger partial charge in [0.25, 0.3) is 0 Å². The first-order valence-corrected chi connectivity index (χ1v) is 3.65. The SMILES string of the molecule is Cc1cnc(-n2cccn2)nc1. The molecule has 0 spiro atoms. The molecule has 0 saturated carbocycles. The standard InChI is InChI=1S/C8H8N4/c1-7-5-9-8(10-6-7)12-4-2-3-11-12/h2-6H,1H3. The number of nitrogens with zero attached hydrogens (tertiary/aromatic N) is 4. The molecule has 60 valence electrons. The van der Waals surface area contributed by atoms with Gasteiger partial charge in [-0.15, -0.1) is 0 Å². The van der Waals surface area contributed by atoms with E-state index < -0.39 is 0 Å². The Morgan fingerprint density at radius 2 is 2.00 bits per heavy atom. The van der Waals surface area contributed by atoms with Crippen molar-refractivity contribution in [1.82, 2.24) is 19.7 Å². The fourth-order valence-electron chi connectivity index (χ4n) is 0.891. The van der Waals surface area contributed by atoms with E-state index in [0.29, 0.717) is 5.95 Å². The molecule has 0 radical (unpaired) electrons. The fraction of sp³-hybridized carbons (Fsp3) is 0.125. The molecule has 4 heteroatoms. The van der Waals surface area contributed by atoms with Gasteiger partial charge in [0.1, 0.15) is 0 Å². The molecule has 0 unspecified atom stereocenters. The van der Waals surface area contributed by atoms with Gasteiger partial charge >= 0.3 is 0 Å².